The highest BCUT2D eigenvalue weighted by molar-refractivity contribution is 5.77. The van der Waals surface area contributed by atoms with Crippen LogP contribution in [0.4, 0.5) is 13.2 Å². The number of alkyl halides is 3. The maximum absolute atomic E-state index is 13.0. The van der Waals surface area contributed by atoms with Crippen molar-refractivity contribution in [3.05, 3.63) is 47.3 Å². The van der Waals surface area contributed by atoms with E-state index < -0.39 is 17.2 Å². The maximum atomic E-state index is 13.0. The van der Waals surface area contributed by atoms with Gasteiger partial charge < -0.3 is 10.2 Å². The standard InChI is InChI=1S/C20H26F3N5O/c1-13-9-19(11-18(29)27(2)3,10-16(24-13)17-12-28(4)26-25-17)14-5-7-15(8-6-14)20(21,22)23/h5-8,12-13,16,24H,9-11H2,1-4H3/t13-,16-,19+/m0/s1. The molecule has 6 nitrogen and oxygen atoms in total. The molecule has 1 aromatic carbocycles. The van der Waals surface area contributed by atoms with Gasteiger partial charge in [-0.2, -0.15) is 13.2 Å². The van der Waals surface area contributed by atoms with Crippen molar-refractivity contribution in [3.63, 3.8) is 0 Å². The number of halogens is 3. The number of carbonyl (C=O) groups is 1. The zero-order valence-corrected chi connectivity index (χ0v) is 17.0. The van der Waals surface area contributed by atoms with Crippen LogP contribution in [0, 0.1) is 0 Å². The van der Waals surface area contributed by atoms with Crippen LogP contribution in [0.1, 0.15) is 49.0 Å². The van der Waals surface area contributed by atoms with E-state index in [0.29, 0.717) is 12.8 Å². The number of hydrogen-bond donors (Lipinski definition) is 1. The quantitative estimate of drug-likeness (QED) is 0.843. The molecule has 1 aromatic heterocycles. The molecule has 0 unspecified atom stereocenters. The molecular weight excluding hydrogens is 383 g/mol. The highest BCUT2D eigenvalue weighted by atomic mass is 19.4. The average molecular weight is 409 g/mol. The van der Waals surface area contributed by atoms with Crippen molar-refractivity contribution >= 4 is 5.91 Å². The number of piperidine rings is 1. The number of nitrogens with zero attached hydrogens (tertiary/aromatic N) is 4. The third kappa shape index (κ3) is 4.60. The molecule has 1 aliphatic heterocycles. The first kappa shape index (κ1) is 21.3. The predicted octanol–water partition coefficient (Wildman–Crippen LogP) is 3.06. The number of aromatic nitrogens is 3. The van der Waals surface area contributed by atoms with E-state index in [1.54, 1.807) is 25.8 Å². The Morgan fingerprint density at radius 1 is 1.28 bits per heavy atom. The second-order valence-electron chi connectivity index (χ2n) is 8.17. The summed E-state index contributed by atoms with van der Waals surface area (Å²) in [4.78, 5) is 14.2. The minimum absolute atomic E-state index is 0.0491. The number of hydrogen-bond acceptors (Lipinski definition) is 4. The fourth-order valence-electron chi connectivity index (χ4n) is 4.18. The molecular formula is C20H26F3N5O. The van der Waals surface area contributed by atoms with Gasteiger partial charge in [0, 0.05) is 45.2 Å². The van der Waals surface area contributed by atoms with Crippen molar-refractivity contribution in [2.45, 2.75) is 49.9 Å². The van der Waals surface area contributed by atoms with Gasteiger partial charge in [0.2, 0.25) is 5.91 Å². The number of carbonyl (C=O) groups excluding carboxylic acids is 1. The van der Waals surface area contributed by atoms with Gasteiger partial charge in [-0.05, 0) is 37.5 Å². The summed E-state index contributed by atoms with van der Waals surface area (Å²) in [5.74, 6) is -0.0584. The van der Waals surface area contributed by atoms with Crippen LogP contribution in [-0.2, 0) is 23.4 Å². The minimum Gasteiger partial charge on any atom is -0.349 e. The fraction of sp³-hybridized carbons (Fsp3) is 0.550. The molecule has 0 saturated carbocycles. The van der Waals surface area contributed by atoms with Gasteiger partial charge >= 0.3 is 6.18 Å². The summed E-state index contributed by atoms with van der Waals surface area (Å²) < 4.78 is 40.7. The summed E-state index contributed by atoms with van der Waals surface area (Å²) >= 11 is 0. The van der Waals surface area contributed by atoms with Gasteiger partial charge in [0.15, 0.2) is 0 Å². The van der Waals surface area contributed by atoms with E-state index in [2.05, 4.69) is 15.6 Å². The zero-order valence-electron chi connectivity index (χ0n) is 17.0. The number of aryl methyl sites for hydroxylation is 1. The van der Waals surface area contributed by atoms with Crippen LogP contribution in [0.25, 0.3) is 0 Å². The Morgan fingerprint density at radius 3 is 2.45 bits per heavy atom. The predicted molar refractivity (Wildman–Crippen MR) is 102 cm³/mol. The molecule has 29 heavy (non-hydrogen) atoms. The van der Waals surface area contributed by atoms with Crippen molar-refractivity contribution in [2.75, 3.05) is 14.1 Å². The third-order valence-corrected chi connectivity index (χ3v) is 5.57. The second kappa shape index (κ2) is 7.78. The topological polar surface area (TPSA) is 63.1 Å². The van der Waals surface area contributed by atoms with Crippen LogP contribution in [0.5, 0.6) is 0 Å². The van der Waals surface area contributed by atoms with Crippen LogP contribution in [0.2, 0.25) is 0 Å². The molecule has 1 aliphatic rings. The van der Waals surface area contributed by atoms with Crippen molar-refractivity contribution in [1.82, 2.24) is 25.2 Å². The second-order valence-corrected chi connectivity index (χ2v) is 8.17. The molecule has 1 fully saturated rings. The summed E-state index contributed by atoms with van der Waals surface area (Å²) in [5, 5.41) is 11.7. The minimum atomic E-state index is -4.39. The summed E-state index contributed by atoms with van der Waals surface area (Å²) in [6.07, 6.45) is -1.18. The lowest BCUT2D eigenvalue weighted by Crippen LogP contribution is -2.49. The Balaban J connectivity index is 2.01. The number of amides is 1. The molecule has 1 saturated heterocycles. The number of rotatable bonds is 4. The molecule has 0 aliphatic carbocycles. The van der Waals surface area contributed by atoms with Gasteiger partial charge in [-0.1, -0.05) is 17.3 Å². The normalized spacial score (nSPS) is 25.1. The van der Waals surface area contributed by atoms with Crippen LogP contribution >= 0.6 is 0 Å². The first-order valence-electron chi connectivity index (χ1n) is 9.50. The molecule has 2 aromatic rings. The fourth-order valence-corrected chi connectivity index (χ4v) is 4.18. The van der Waals surface area contributed by atoms with Crippen LogP contribution in [-0.4, -0.2) is 45.9 Å². The summed E-state index contributed by atoms with van der Waals surface area (Å²) in [5.41, 5.74) is 0.205. The highest BCUT2D eigenvalue weighted by Crippen LogP contribution is 2.45. The van der Waals surface area contributed by atoms with E-state index >= 15 is 0 Å². The van der Waals surface area contributed by atoms with Gasteiger partial charge in [0.1, 0.15) is 0 Å². The molecule has 0 bridgehead atoms. The van der Waals surface area contributed by atoms with Gasteiger partial charge in [-0.15, -0.1) is 5.10 Å². The third-order valence-electron chi connectivity index (χ3n) is 5.57. The molecule has 158 valence electrons. The van der Waals surface area contributed by atoms with Crippen molar-refractivity contribution in [3.8, 4) is 0 Å². The van der Waals surface area contributed by atoms with E-state index in [1.165, 1.54) is 17.0 Å². The lowest BCUT2D eigenvalue weighted by atomic mass is 9.66. The molecule has 3 atom stereocenters. The van der Waals surface area contributed by atoms with Gasteiger partial charge in [-0.25, -0.2) is 0 Å². The van der Waals surface area contributed by atoms with Crippen LogP contribution in [0.15, 0.2) is 30.5 Å². The maximum Gasteiger partial charge on any atom is 0.416 e. The Labute approximate surface area is 168 Å². The largest absolute Gasteiger partial charge is 0.416 e. The van der Waals surface area contributed by atoms with E-state index in [9.17, 15) is 18.0 Å². The lowest BCUT2D eigenvalue weighted by molar-refractivity contribution is -0.137. The molecule has 0 spiro atoms. The monoisotopic (exact) mass is 409 g/mol. The Bertz CT molecular complexity index is 862. The summed E-state index contributed by atoms with van der Waals surface area (Å²) in [6.45, 7) is 2.02. The van der Waals surface area contributed by atoms with E-state index in [4.69, 9.17) is 0 Å². The molecule has 0 radical (unpaired) electrons. The van der Waals surface area contributed by atoms with Crippen LogP contribution < -0.4 is 5.32 Å². The molecule has 3 rings (SSSR count). The average Bonchev–Trinajstić information content (AvgIpc) is 3.07. The van der Waals surface area contributed by atoms with Crippen LogP contribution in [0.3, 0.4) is 0 Å². The Morgan fingerprint density at radius 2 is 1.93 bits per heavy atom. The summed E-state index contributed by atoms with van der Waals surface area (Å²) in [6, 6.07) is 5.12. The van der Waals surface area contributed by atoms with E-state index in [1.807, 2.05) is 13.1 Å². The number of benzene rings is 1. The SMILES string of the molecule is C[C@H]1C[C@@](CC(=O)N(C)C)(c2ccc(C(F)(F)F)cc2)C[C@@H](c2cn(C)nn2)N1. The Hall–Kier alpha value is -2.42. The smallest absolute Gasteiger partial charge is 0.349 e. The number of nitrogens with one attached hydrogen (secondary N) is 1. The van der Waals surface area contributed by atoms with E-state index in [-0.39, 0.29) is 24.4 Å². The highest BCUT2D eigenvalue weighted by Gasteiger charge is 2.44. The molecule has 1 amide bonds. The lowest BCUT2D eigenvalue weighted by Gasteiger charge is -2.44. The molecule has 9 heteroatoms. The molecule has 1 N–H and O–H groups in total. The van der Waals surface area contributed by atoms with Crippen molar-refractivity contribution in [1.29, 1.82) is 0 Å². The van der Waals surface area contributed by atoms with Crippen molar-refractivity contribution < 1.29 is 18.0 Å². The summed E-state index contributed by atoms with van der Waals surface area (Å²) in [7, 11) is 5.16. The molecule has 2 heterocycles. The van der Waals surface area contributed by atoms with Gasteiger partial charge in [-0.3, -0.25) is 9.48 Å². The van der Waals surface area contributed by atoms with Gasteiger partial charge in [0.25, 0.3) is 0 Å². The van der Waals surface area contributed by atoms with Crippen molar-refractivity contribution in [2.24, 2.45) is 7.05 Å². The Kier molecular flexibility index (Phi) is 5.71. The zero-order chi connectivity index (χ0) is 21.4. The van der Waals surface area contributed by atoms with Gasteiger partial charge in [0.05, 0.1) is 17.3 Å². The first-order chi connectivity index (χ1) is 13.5. The van der Waals surface area contributed by atoms with E-state index in [0.717, 1.165) is 23.4 Å². The first-order valence-corrected chi connectivity index (χ1v) is 9.50.